The molecule has 15 heavy (non-hydrogen) atoms. The van der Waals surface area contributed by atoms with Crippen LogP contribution in [-0.2, 0) is 4.79 Å². The van der Waals surface area contributed by atoms with E-state index in [-0.39, 0.29) is 0 Å². The molecule has 0 aliphatic heterocycles. The van der Waals surface area contributed by atoms with Gasteiger partial charge in [0.15, 0.2) is 0 Å². The molecular weight excluding hydrogens is 184 g/mol. The Balaban J connectivity index is 2.11. The van der Waals surface area contributed by atoms with Crippen molar-refractivity contribution in [2.24, 2.45) is 11.8 Å². The largest absolute Gasteiger partial charge is 0.299 e. The number of rotatable bonds is 6. The smallest absolute Gasteiger partial charge is 0.135 e. The molecule has 1 saturated carbocycles. The number of unbranched alkanes of at least 4 members (excludes halogenated alkanes) is 3. The van der Waals surface area contributed by atoms with Crippen molar-refractivity contribution >= 4 is 5.78 Å². The fourth-order valence-corrected chi connectivity index (χ4v) is 2.51. The molecule has 0 N–H and O–H groups in total. The van der Waals surface area contributed by atoms with E-state index in [0.29, 0.717) is 11.7 Å². The van der Waals surface area contributed by atoms with Crippen molar-refractivity contribution in [1.29, 1.82) is 0 Å². The molecule has 0 atom stereocenters. The van der Waals surface area contributed by atoms with Gasteiger partial charge in [-0.25, -0.2) is 0 Å². The maximum Gasteiger partial charge on any atom is 0.135 e. The SMILES string of the molecule is CCCCCCC(=O)C1CCC(C)CC1. The van der Waals surface area contributed by atoms with Crippen molar-refractivity contribution in [3.05, 3.63) is 0 Å². The van der Waals surface area contributed by atoms with E-state index in [2.05, 4.69) is 13.8 Å². The molecule has 0 unspecified atom stereocenters. The van der Waals surface area contributed by atoms with Crippen molar-refractivity contribution in [1.82, 2.24) is 0 Å². The van der Waals surface area contributed by atoms with Crippen LogP contribution in [0.3, 0.4) is 0 Å². The quantitative estimate of drug-likeness (QED) is 0.596. The number of hydrogen-bond acceptors (Lipinski definition) is 1. The third-order valence-electron chi connectivity index (χ3n) is 3.75. The third kappa shape index (κ3) is 4.81. The summed E-state index contributed by atoms with van der Waals surface area (Å²) in [7, 11) is 0. The summed E-state index contributed by atoms with van der Waals surface area (Å²) in [4.78, 5) is 11.9. The Hall–Kier alpha value is -0.330. The summed E-state index contributed by atoms with van der Waals surface area (Å²) in [5.41, 5.74) is 0. The molecule has 0 radical (unpaired) electrons. The van der Waals surface area contributed by atoms with Crippen LogP contribution in [0.2, 0.25) is 0 Å². The molecular formula is C14H26O. The van der Waals surface area contributed by atoms with Crippen LogP contribution in [0.4, 0.5) is 0 Å². The first-order valence-electron chi connectivity index (χ1n) is 6.76. The molecule has 1 fully saturated rings. The highest BCUT2D eigenvalue weighted by Gasteiger charge is 2.23. The van der Waals surface area contributed by atoms with Crippen molar-refractivity contribution in [2.75, 3.05) is 0 Å². The van der Waals surface area contributed by atoms with E-state index < -0.39 is 0 Å². The molecule has 88 valence electrons. The molecule has 0 spiro atoms. The summed E-state index contributed by atoms with van der Waals surface area (Å²) >= 11 is 0. The maximum absolute atomic E-state index is 11.9. The summed E-state index contributed by atoms with van der Waals surface area (Å²) in [6.45, 7) is 4.52. The third-order valence-corrected chi connectivity index (χ3v) is 3.75. The van der Waals surface area contributed by atoms with E-state index in [4.69, 9.17) is 0 Å². The van der Waals surface area contributed by atoms with Gasteiger partial charge in [-0.15, -0.1) is 0 Å². The Kier molecular flexibility index (Phi) is 5.97. The first-order valence-corrected chi connectivity index (χ1v) is 6.76. The predicted molar refractivity (Wildman–Crippen MR) is 64.9 cm³/mol. The molecule has 0 bridgehead atoms. The van der Waals surface area contributed by atoms with E-state index in [9.17, 15) is 4.79 Å². The fraction of sp³-hybridized carbons (Fsp3) is 0.929. The van der Waals surface area contributed by atoms with E-state index in [1.807, 2.05) is 0 Å². The molecule has 1 rings (SSSR count). The van der Waals surface area contributed by atoms with Crippen LogP contribution in [0, 0.1) is 11.8 Å². The van der Waals surface area contributed by atoms with Gasteiger partial charge in [0.25, 0.3) is 0 Å². The van der Waals surface area contributed by atoms with Gasteiger partial charge < -0.3 is 0 Å². The minimum Gasteiger partial charge on any atom is -0.299 e. The zero-order chi connectivity index (χ0) is 11.1. The van der Waals surface area contributed by atoms with E-state index in [1.165, 1.54) is 32.1 Å². The lowest BCUT2D eigenvalue weighted by Gasteiger charge is -2.25. The maximum atomic E-state index is 11.9. The van der Waals surface area contributed by atoms with Gasteiger partial charge in [0.2, 0.25) is 0 Å². The van der Waals surface area contributed by atoms with Gasteiger partial charge in [-0.3, -0.25) is 4.79 Å². The zero-order valence-electron chi connectivity index (χ0n) is 10.4. The predicted octanol–water partition coefficient (Wildman–Crippen LogP) is 4.35. The first kappa shape index (κ1) is 12.7. The number of carbonyl (C=O) groups excluding carboxylic acids is 1. The van der Waals surface area contributed by atoms with Crippen LogP contribution >= 0.6 is 0 Å². The molecule has 1 heteroatoms. The van der Waals surface area contributed by atoms with Crippen molar-refractivity contribution in [2.45, 2.75) is 71.6 Å². The lowest BCUT2D eigenvalue weighted by molar-refractivity contribution is -0.124. The summed E-state index contributed by atoms with van der Waals surface area (Å²) < 4.78 is 0. The Morgan fingerprint density at radius 1 is 1.07 bits per heavy atom. The Bertz CT molecular complexity index is 178. The Morgan fingerprint density at radius 2 is 1.73 bits per heavy atom. The van der Waals surface area contributed by atoms with Crippen molar-refractivity contribution < 1.29 is 4.79 Å². The molecule has 0 amide bonds. The molecule has 0 heterocycles. The van der Waals surface area contributed by atoms with Crippen LogP contribution < -0.4 is 0 Å². The highest BCUT2D eigenvalue weighted by Crippen LogP contribution is 2.29. The molecule has 1 aliphatic carbocycles. The molecule has 0 saturated heterocycles. The minimum absolute atomic E-state index is 0.419. The van der Waals surface area contributed by atoms with Gasteiger partial charge in [0.05, 0.1) is 0 Å². The zero-order valence-corrected chi connectivity index (χ0v) is 10.4. The second kappa shape index (κ2) is 7.03. The standard InChI is InChI=1S/C14H26O/c1-3-4-5-6-7-14(15)13-10-8-12(2)9-11-13/h12-13H,3-11H2,1-2H3. The van der Waals surface area contributed by atoms with Gasteiger partial charge in [-0.2, -0.15) is 0 Å². The minimum atomic E-state index is 0.419. The summed E-state index contributed by atoms with van der Waals surface area (Å²) in [6.07, 6.45) is 10.6. The molecule has 0 aromatic heterocycles. The van der Waals surface area contributed by atoms with Crippen LogP contribution in [0.15, 0.2) is 0 Å². The average Bonchev–Trinajstić information content (AvgIpc) is 2.25. The van der Waals surface area contributed by atoms with Gasteiger partial charge >= 0.3 is 0 Å². The molecule has 1 aliphatic rings. The topological polar surface area (TPSA) is 17.1 Å². The number of Topliss-reactive ketones (excluding diaryl/α,β-unsaturated/α-hetero) is 1. The summed E-state index contributed by atoms with van der Waals surface area (Å²) in [5, 5.41) is 0. The van der Waals surface area contributed by atoms with Crippen LogP contribution in [0.25, 0.3) is 0 Å². The highest BCUT2D eigenvalue weighted by molar-refractivity contribution is 5.80. The van der Waals surface area contributed by atoms with Crippen LogP contribution in [-0.4, -0.2) is 5.78 Å². The van der Waals surface area contributed by atoms with Gasteiger partial charge in [-0.05, 0) is 25.2 Å². The Morgan fingerprint density at radius 3 is 2.33 bits per heavy atom. The Labute approximate surface area is 94.6 Å². The van der Waals surface area contributed by atoms with E-state index >= 15 is 0 Å². The molecule has 1 nitrogen and oxygen atoms in total. The summed E-state index contributed by atoms with van der Waals surface area (Å²) in [6, 6.07) is 0. The molecule has 0 aromatic carbocycles. The van der Waals surface area contributed by atoms with Crippen LogP contribution in [0.5, 0.6) is 0 Å². The normalized spacial score (nSPS) is 26.5. The first-order chi connectivity index (χ1) is 7.24. The lowest BCUT2D eigenvalue weighted by Crippen LogP contribution is -2.20. The van der Waals surface area contributed by atoms with E-state index in [0.717, 1.165) is 31.6 Å². The number of hydrogen-bond donors (Lipinski definition) is 0. The van der Waals surface area contributed by atoms with Gasteiger partial charge in [0, 0.05) is 12.3 Å². The van der Waals surface area contributed by atoms with Gasteiger partial charge in [-0.1, -0.05) is 46.0 Å². The molecule has 0 aromatic rings. The second-order valence-electron chi connectivity index (χ2n) is 5.23. The summed E-state index contributed by atoms with van der Waals surface area (Å²) in [5.74, 6) is 1.83. The fourth-order valence-electron chi connectivity index (χ4n) is 2.51. The van der Waals surface area contributed by atoms with Crippen molar-refractivity contribution in [3.8, 4) is 0 Å². The number of carbonyl (C=O) groups is 1. The van der Waals surface area contributed by atoms with Crippen LogP contribution in [0.1, 0.15) is 71.6 Å². The van der Waals surface area contributed by atoms with Crippen molar-refractivity contribution in [3.63, 3.8) is 0 Å². The van der Waals surface area contributed by atoms with Gasteiger partial charge in [0.1, 0.15) is 5.78 Å². The lowest BCUT2D eigenvalue weighted by atomic mass is 9.80. The number of ketones is 1. The van der Waals surface area contributed by atoms with E-state index in [1.54, 1.807) is 0 Å². The second-order valence-corrected chi connectivity index (χ2v) is 5.23. The average molecular weight is 210 g/mol. The highest BCUT2D eigenvalue weighted by atomic mass is 16.1. The monoisotopic (exact) mass is 210 g/mol.